The van der Waals surface area contributed by atoms with Crippen LogP contribution in [0.4, 0.5) is 0 Å². The van der Waals surface area contributed by atoms with Gasteiger partial charge in [-0.15, -0.1) is 0 Å². The number of aliphatic hydroxyl groups is 4. The van der Waals surface area contributed by atoms with Gasteiger partial charge in [-0.3, -0.25) is 0 Å². The minimum absolute atomic E-state index is 0.0458. The lowest BCUT2D eigenvalue weighted by atomic mass is 9.99. The van der Waals surface area contributed by atoms with Crippen molar-refractivity contribution in [2.75, 3.05) is 13.7 Å². The highest BCUT2D eigenvalue weighted by Crippen LogP contribution is 2.22. The topological polar surface area (TPSA) is 126 Å². The summed E-state index contributed by atoms with van der Waals surface area (Å²) in [7, 11) is 1.29. The first-order valence-corrected chi connectivity index (χ1v) is 7.07. The number of hydrogen-bond acceptors (Lipinski definition) is 8. The van der Waals surface area contributed by atoms with Gasteiger partial charge in [0, 0.05) is 0 Å². The zero-order valence-electron chi connectivity index (χ0n) is 12.5. The van der Waals surface area contributed by atoms with Crippen LogP contribution in [-0.2, 0) is 20.8 Å². The average Bonchev–Trinajstić information content (AvgIpc) is 2.59. The Labute approximate surface area is 132 Å². The van der Waals surface area contributed by atoms with Gasteiger partial charge in [-0.05, 0) is 17.7 Å². The molecule has 23 heavy (non-hydrogen) atoms. The number of carbonyl (C=O) groups excluding carboxylic acids is 1. The Balaban J connectivity index is 1.95. The van der Waals surface area contributed by atoms with Gasteiger partial charge in [0.25, 0.3) is 0 Å². The van der Waals surface area contributed by atoms with Crippen LogP contribution < -0.4 is 0 Å². The molecule has 5 atom stereocenters. The van der Waals surface area contributed by atoms with Crippen LogP contribution in [0.3, 0.4) is 0 Å². The minimum atomic E-state index is -1.48. The molecule has 8 nitrogen and oxygen atoms in total. The molecule has 8 heteroatoms. The molecule has 0 amide bonds. The maximum Gasteiger partial charge on any atom is 0.337 e. The number of ether oxygens (including phenoxy) is 3. The summed E-state index contributed by atoms with van der Waals surface area (Å²) in [5.74, 6) is -0.452. The lowest BCUT2D eigenvalue weighted by Crippen LogP contribution is -2.59. The molecule has 1 saturated heterocycles. The van der Waals surface area contributed by atoms with Crippen LogP contribution >= 0.6 is 0 Å². The average molecular weight is 328 g/mol. The van der Waals surface area contributed by atoms with E-state index >= 15 is 0 Å². The smallest absolute Gasteiger partial charge is 0.337 e. The first kappa shape index (κ1) is 17.8. The van der Waals surface area contributed by atoms with Crippen molar-refractivity contribution in [3.05, 3.63) is 35.4 Å². The van der Waals surface area contributed by atoms with Crippen LogP contribution in [0.15, 0.2) is 24.3 Å². The predicted molar refractivity (Wildman–Crippen MR) is 76.3 cm³/mol. The molecule has 1 heterocycles. The highest BCUT2D eigenvalue weighted by molar-refractivity contribution is 5.89. The minimum Gasteiger partial charge on any atom is -0.465 e. The van der Waals surface area contributed by atoms with Crippen molar-refractivity contribution in [1.29, 1.82) is 0 Å². The number of hydrogen-bond donors (Lipinski definition) is 4. The lowest BCUT2D eigenvalue weighted by molar-refractivity contribution is -0.304. The Morgan fingerprint density at radius 1 is 1.13 bits per heavy atom. The first-order valence-electron chi connectivity index (χ1n) is 7.07. The lowest BCUT2D eigenvalue weighted by Gasteiger charge is -2.39. The summed E-state index contributed by atoms with van der Waals surface area (Å²) in [6.45, 7) is -0.469. The molecule has 0 bridgehead atoms. The van der Waals surface area contributed by atoms with E-state index in [1.54, 1.807) is 24.3 Å². The van der Waals surface area contributed by atoms with Gasteiger partial charge in [-0.25, -0.2) is 4.79 Å². The summed E-state index contributed by atoms with van der Waals surface area (Å²) >= 11 is 0. The molecule has 1 unspecified atom stereocenters. The third kappa shape index (κ3) is 4.05. The van der Waals surface area contributed by atoms with Crippen molar-refractivity contribution in [1.82, 2.24) is 0 Å². The quantitative estimate of drug-likeness (QED) is 0.496. The van der Waals surface area contributed by atoms with Gasteiger partial charge < -0.3 is 34.6 Å². The zero-order valence-corrected chi connectivity index (χ0v) is 12.5. The van der Waals surface area contributed by atoms with E-state index in [2.05, 4.69) is 4.74 Å². The van der Waals surface area contributed by atoms with E-state index in [9.17, 15) is 20.1 Å². The Morgan fingerprint density at radius 3 is 2.35 bits per heavy atom. The van der Waals surface area contributed by atoms with Crippen LogP contribution in [0, 0.1) is 0 Å². The van der Waals surface area contributed by atoms with Gasteiger partial charge >= 0.3 is 5.97 Å². The summed E-state index contributed by atoms with van der Waals surface area (Å²) in [5.41, 5.74) is 1.10. The van der Waals surface area contributed by atoms with Crippen LogP contribution in [0.1, 0.15) is 15.9 Å². The fourth-order valence-corrected chi connectivity index (χ4v) is 2.24. The Hall–Kier alpha value is -1.55. The summed E-state index contributed by atoms with van der Waals surface area (Å²) in [5, 5.41) is 38.3. The van der Waals surface area contributed by atoms with Crippen LogP contribution in [0.2, 0.25) is 0 Å². The number of benzene rings is 1. The molecule has 0 aromatic heterocycles. The van der Waals surface area contributed by atoms with E-state index < -0.39 is 43.3 Å². The second kappa shape index (κ2) is 7.82. The Morgan fingerprint density at radius 2 is 1.78 bits per heavy atom. The van der Waals surface area contributed by atoms with Crippen molar-refractivity contribution in [3.63, 3.8) is 0 Å². The van der Waals surface area contributed by atoms with Gasteiger partial charge in [0.2, 0.25) is 0 Å². The molecule has 2 rings (SSSR count). The maximum atomic E-state index is 11.3. The molecule has 1 fully saturated rings. The molecule has 1 aromatic rings. The number of aliphatic hydroxyl groups excluding tert-OH is 4. The van der Waals surface area contributed by atoms with E-state index in [0.29, 0.717) is 11.1 Å². The molecular formula is C15H20O8. The van der Waals surface area contributed by atoms with Crippen molar-refractivity contribution < 1.29 is 39.4 Å². The Kier molecular flexibility index (Phi) is 6.05. The summed E-state index contributed by atoms with van der Waals surface area (Å²) in [6.07, 6.45) is -6.55. The van der Waals surface area contributed by atoms with Crippen LogP contribution in [0.25, 0.3) is 0 Å². The van der Waals surface area contributed by atoms with E-state index in [1.165, 1.54) is 7.11 Å². The van der Waals surface area contributed by atoms with Crippen molar-refractivity contribution in [2.45, 2.75) is 37.3 Å². The fraction of sp³-hybridized carbons (Fsp3) is 0.533. The second-order valence-electron chi connectivity index (χ2n) is 5.20. The van der Waals surface area contributed by atoms with Gasteiger partial charge in [-0.1, -0.05) is 12.1 Å². The van der Waals surface area contributed by atoms with Crippen molar-refractivity contribution >= 4 is 5.97 Å². The van der Waals surface area contributed by atoms with Gasteiger partial charge in [0.1, 0.15) is 24.4 Å². The number of rotatable bonds is 5. The highest BCUT2D eigenvalue weighted by Gasteiger charge is 2.43. The summed E-state index contributed by atoms with van der Waals surface area (Å²) in [6, 6.07) is 6.43. The largest absolute Gasteiger partial charge is 0.465 e. The molecule has 0 aliphatic carbocycles. The molecule has 0 radical (unpaired) electrons. The van der Waals surface area contributed by atoms with Crippen molar-refractivity contribution in [3.8, 4) is 0 Å². The van der Waals surface area contributed by atoms with E-state index in [-0.39, 0.29) is 6.61 Å². The van der Waals surface area contributed by atoms with Crippen molar-refractivity contribution in [2.24, 2.45) is 0 Å². The Bertz CT molecular complexity index is 515. The predicted octanol–water partition coefficient (Wildman–Crippen LogP) is -1.21. The third-order valence-electron chi connectivity index (χ3n) is 3.64. The number of carbonyl (C=O) groups is 1. The first-order chi connectivity index (χ1) is 11.0. The van der Waals surface area contributed by atoms with Crippen LogP contribution in [0.5, 0.6) is 0 Å². The van der Waals surface area contributed by atoms with E-state index in [4.69, 9.17) is 14.6 Å². The molecule has 4 N–H and O–H groups in total. The molecule has 1 aliphatic heterocycles. The van der Waals surface area contributed by atoms with E-state index in [1.807, 2.05) is 0 Å². The van der Waals surface area contributed by atoms with Gasteiger partial charge in [0.15, 0.2) is 6.29 Å². The molecular weight excluding hydrogens is 308 g/mol. The van der Waals surface area contributed by atoms with Crippen LogP contribution in [-0.4, -0.2) is 70.8 Å². The third-order valence-corrected chi connectivity index (χ3v) is 3.64. The number of esters is 1. The summed E-state index contributed by atoms with van der Waals surface area (Å²) in [4.78, 5) is 11.3. The highest BCUT2D eigenvalue weighted by atomic mass is 16.7. The fourth-order valence-electron chi connectivity index (χ4n) is 2.24. The van der Waals surface area contributed by atoms with E-state index in [0.717, 1.165) is 0 Å². The molecule has 128 valence electrons. The molecule has 1 aliphatic rings. The second-order valence-corrected chi connectivity index (χ2v) is 5.20. The van der Waals surface area contributed by atoms with Gasteiger partial charge in [0.05, 0.1) is 25.9 Å². The number of methoxy groups -OCH3 is 1. The molecule has 0 spiro atoms. The monoisotopic (exact) mass is 328 g/mol. The maximum absolute atomic E-state index is 11.3. The normalized spacial score (nSPS) is 30.9. The molecule has 1 aromatic carbocycles. The summed E-state index contributed by atoms with van der Waals surface area (Å²) < 4.78 is 15.2. The standard InChI is InChI=1S/C15H20O8/c1-21-14(20)9-4-2-8(3-5-9)7-22-15-13(19)12(18)11(17)10(6-16)23-15/h2-5,10-13,15-19H,6-7H2,1H3/t10-,11-,12+,13+,15?/m1/s1. The van der Waals surface area contributed by atoms with Gasteiger partial charge in [-0.2, -0.15) is 0 Å². The SMILES string of the molecule is COC(=O)c1ccc(COC2O[C@H](CO)[C@@H](O)[C@H](O)[C@@H]2O)cc1. The molecule has 0 saturated carbocycles. The zero-order chi connectivity index (χ0) is 17.0.